The average molecular weight is 326 g/mol. The largest absolute Gasteiger partial charge is 0.372 e. The van der Waals surface area contributed by atoms with Gasteiger partial charge in [-0.15, -0.1) is 0 Å². The zero-order valence-electron chi connectivity index (χ0n) is 8.74. The number of nitrogens with zero attached hydrogens (tertiary/aromatic N) is 2. The Kier molecular flexibility index (Phi) is 3.55. The highest BCUT2D eigenvalue weighted by Crippen LogP contribution is 2.16. The van der Waals surface area contributed by atoms with E-state index in [1.165, 1.54) is 3.57 Å². The Labute approximate surface area is 108 Å². The van der Waals surface area contributed by atoms with Gasteiger partial charge < -0.3 is 10.6 Å². The summed E-state index contributed by atoms with van der Waals surface area (Å²) in [6.45, 7) is 0. The van der Waals surface area contributed by atoms with Gasteiger partial charge in [0.25, 0.3) is 0 Å². The fourth-order valence-electron chi connectivity index (χ4n) is 1.23. The number of nitrogens with one attached hydrogen (secondary N) is 2. The second kappa shape index (κ2) is 5.11. The molecule has 1 heterocycles. The van der Waals surface area contributed by atoms with Crippen LogP contribution < -0.4 is 10.6 Å². The monoisotopic (exact) mass is 326 g/mol. The van der Waals surface area contributed by atoms with Crippen molar-refractivity contribution in [3.63, 3.8) is 0 Å². The molecule has 2 rings (SSSR count). The van der Waals surface area contributed by atoms with E-state index < -0.39 is 0 Å². The molecule has 0 aliphatic heterocycles. The number of hydrogen-bond donors (Lipinski definition) is 2. The molecule has 0 atom stereocenters. The van der Waals surface area contributed by atoms with E-state index >= 15 is 0 Å². The lowest BCUT2D eigenvalue weighted by Crippen LogP contribution is -1.98. The van der Waals surface area contributed by atoms with Gasteiger partial charge in [0.05, 0.1) is 12.4 Å². The van der Waals surface area contributed by atoms with Gasteiger partial charge in [-0.2, -0.15) is 0 Å². The van der Waals surface area contributed by atoms with E-state index in [0.29, 0.717) is 0 Å². The third kappa shape index (κ3) is 2.82. The maximum Gasteiger partial charge on any atom is 0.151 e. The number of benzene rings is 1. The molecule has 0 aliphatic carbocycles. The van der Waals surface area contributed by atoms with Gasteiger partial charge in [0.15, 0.2) is 5.82 Å². The molecule has 0 bridgehead atoms. The third-order valence-corrected chi connectivity index (χ3v) is 2.73. The molecule has 0 amide bonds. The van der Waals surface area contributed by atoms with Crippen molar-refractivity contribution in [3.8, 4) is 0 Å². The highest BCUT2D eigenvalue weighted by Gasteiger charge is 1.97. The molecule has 0 fully saturated rings. The molecule has 0 unspecified atom stereocenters. The zero-order chi connectivity index (χ0) is 11.4. The highest BCUT2D eigenvalue weighted by molar-refractivity contribution is 14.1. The van der Waals surface area contributed by atoms with Gasteiger partial charge in [-0.1, -0.05) is 0 Å². The summed E-state index contributed by atoms with van der Waals surface area (Å²) in [4.78, 5) is 8.40. The van der Waals surface area contributed by atoms with E-state index in [0.717, 1.165) is 17.3 Å². The number of aromatic nitrogens is 2. The quantitative estimate of drug-likeness (QED) is 0.852. The second-order valence-corrected chi connectivity index (χ2v) is 4.42. The minimum atomic E-state index is 0.730. The first-order chi connectivity index (χ1) is 7.78. The standard InChI is InChI=1S/C11H11IN4/c1-13-10-6-14-7-11(16-10)15-9-4-2-8(12)3-5-9/h2-7H,1H3,(H2,13,15,16). The molecule has 0 aliphatic rings. The minimum absolute atomic E-state index is 0.730. The molecule has 1 aromatic carbocycles. The number of rotatable bonds is 3. The molecule has 0 saturated carbocycles. The van der Waals surface area contributed by atoms with Crippen LogP contribution in [0.2, 0.25) is 0 Å². The van der Waals surface area contributed by atoms with E-state index in [9.17, 15) is 0 Å². The van der Waals surface area contributed by atoms with Gasteiger partial charge >= 0.3 is 0 Å². The van der Waals surface area contributed by atoms with Crippen molar-refractivity contribution in [1.82, 2.24) is 9.97 Å². The van der Waals surface area contributed by atoms with E-state index in [1.807, 2.05) is 31.3 Å². The summed E-state index contributed by atoms with van der Waals surface area (Å²) in [5, 5.41) is 6.14. The molecule has 5 heteroatoms. The molecule has 1 aromatic heterocycles. The zero-order valence-corrected chi connectivity index (χ0v) is 10.9. The van der Waals surface area contributed by atoms with Crippen LogP contribution in [-0.2, 0) is 0 Å². The molecule has 0 saturated heterocycles. The summed E-state index contributed by atoms with van der Waals surface area (Å²) in [6.07, 6.45) is 3.37. The van der Waals surface area contributed by atoms with Crippen LogP contribution in [0.15, 0.2) is 36.7 Å². The maximum absolute atomic E-state index is 4.32. The smallest absolute Gasteiger partial charge is 0.151 e. The van der Waals surface area contributed by atoms with Crippen LogP contribution in [-0.4, -0.2) is 17.0 Å². The Morgan fingerprint density at radius 2 is 1.75 bits per heavy atom. The molecule has 16 heavy (non-hydrogen) atoms. The maximum atomic E-state index is 4.32. The van der Waals surface area contributed by atoms with Gasteiger partial charge in [-0.3, -0.25) is 4.98 Å². The molecule has 2 N–H and O–H groups in total. The second-order valence-electron chi connectivity index (χ2n) is 3.17. The Morgan fingerprint density at radius 1 is 1.06 bits per heavy atom. The van der Waals surface area contributed by atoms with Crippen LogP contribution >= 0.6 is 22.6 Å². The van der Waals surface area contributed by atoms with Gasteiger partial charge in [0.2, 0.25) is 0 Å². The first-order valence-electron chi connectivity index (χ1n) is 4.80. The van der Waals surface area contributed by atoms with Crippen molar-refractivity contribution >= 4 is 39.9 Å². The van der Waals surface area contributed by atoms with Crippen molar-refractivity contribution in [2.45, 2.75) is 0 Å². The summed E-state index contributed by atoms with van der Waals surface area (Å²) in [7, 11) is 1.82. The van der Waals surface area contributed by atoms with E-state index in [1.54, 1.807) is 12.4 Å². The van der Waals surface area contributed by atoms with Crippen molar-refractivity contribution in [2.24, 2.45) is 0 Å². The first-order valence-corrected chi connectivity index (χ1v) is 5.88. The summed E-state index contributed by atoms with van der Waals surface area (Å²) in [5.74, 6) is 1.48. The van der Waals surface area contributed by atoms with Crippen molar-refractivity contribution in [1.29, 1.82) is 0 Å². The van der Waals surface area contributed by atoms with Crippen LogP contribution in [0.25, 0.3) is 0 Å². The SMILES string of the molecule is CNc1cncc(Nc2ccc(I)cc2)n1. The first kappa shape index (κ1) is 11.1. The fourth-order valence-corrected chi connectivity index (χ4v) is 1.59. The summed E-state index contributed by atoms with van der Waals surface area (Å²) in [6, 6.07) is 8.10. The molecule has 4 nitrogen and oxygen atoms in total. The fraction of sp³-hybridized carbons (Fsp3) is 0.0909. The Morgan fingerprint density at radius 3 is 2.44 bits per heavy atom. The number of halogens is 1. The lowest BCUT2D eigenvalue weighted by Gasteiger charge is -2.06. The van der Waals surface area contributed by atoms with Crippen LogP contribution in [0.4, 0.5) is 17.3 Å². The number of anilines is 3. The minimum Gasteiger partial charge on any atom is -0.372 e. The lowest BCUT2D eigenvalue weighted by atomic mass is 10.3. The molecule has 82 valence electrons. The molecular weight excluding hydrogens is 315 g/mol. The van der Waals surface area contributed by atoms with Crippen LogP contribution in [0.5, 0.6) is 0 Å². The van der Waals surface area contributed by atoms with Crippen molar-refractivity contribution in [3.05, 3.63) is 40.2 Å². The van der Waals surface area contributed by atoms with E-state index in [2.05, 4.69) is 43.2 Å². The topological polar surface area (TPSA) is 49.8 Å². The van der Waals surface area contributed by atoms with E-state index in [4.69, 9.17) is 0 Å². The number of hydrogen-bond acceptors (Lipinski definition) is 4. The summed E-state index contributed by atoms with van der Waals surface area (Å²) >= 11 is 2.27. The summed E-state index contributed by atoms with van der Waals surface area (Å²) < 4.78 is 1.21. The van der Waals surface area contributed by atoms with Gasteiger partial charge in [0.1, 0.15) is 5.82 Å². The van der Waals surface area contributed by atoms with Crippen molar-refractivity contribution in [2.75, 3.05) is 17.7 Å². The molecule has 2 aromatic rings. The van der Waals surface area contributed by atoms with Crippen LogP contribution in [0.1, 0.15) is 0 Å². The molecule has 0 radical (unpaired) electrons. The van der Waals surface area contributed by atoms with E-state index in [-0.39, 0.29) is 0 Å². The Balaban J connectivity index is 2.16. The Bertz CT molecular complexity index is 470. The highest BCUT2D eigenvalue weighted by atomic mass is 127. The summed E-state index contributed by atoms with van der Waals surface area (Å²) in [5.41, 5.74) is 1.00. The lowest BCUT2D eigenvalue weighted by molar-refractivity contribution is 1.18. The molecule has 0 spiro atoms. The normalized spacial score (nSPS) is 9.88. The van der Waals surface area contributed by atoms with Crippen LogP contribution in [0, 0.1) is 3.57 Å². The van der Waals surface area contributed by atoms with Gasteiger partial charge in [-0.25, -0.2) is 4.98 Å². The Hall–Kier alpha value is -1.37. The van der Waals surface area contributed by atoms with Crippen LogP contribution in [0.3, 0.4) is 0 Å². The molecular formula is C11H11IN4. The van der Waals surface area contributed by atoms with Crippen molar-refractivity contribution < 1.29 is 0 Å². The van der Waals surface area contributed by atoms with Gasteiger partial charge in [0, 0.05) is 16.3 Å². The third-order valence-electron chi connectivity index (χ3n) is 2.01. The predicted molar refractivity (Wildman–Crippen MR) is 74.0 cm³/mol. The predicted octanol–water partition coefficient (Wildman–Crippen LogP) is 2.87. The average Bonchev–Trinajstić information content (AvgIpc) is 2.32. The van der Waals surface area contributed by atoms with Gasteiger partial charge in [-0.05, 0) is 46.9 Å².